The number of imide groups is 1. The van der Waals surface area contributed by atoms with Crippen molar-refractivity contribution in [1.82, 2.24) is 10.2 Å². The third-order valence-corrected chi connectivity index (χ3v) is 6.61. The molecule has 0 aliphatic carbocycles. The van der Waals surface area contributed by atoms with E-state index in [-0.39, 0.29) is 17.8 Å². The second-order valence-corrected chi connectivity index (χ2v) is 9.15. The van der Waals surface area contributed by atoms with E-state index < -0.39 is 36.1 Å². The van der Waals surface area contributed by atoms with Crippen LogP contribution < -0.4 is 15.8 Å². The lowest BCUT2D eigenvalue weighted by atomic mass is 9.88. The number of ether oxygens (including phenoxy) is 1. The van der Waals surface area contributed by atoms with Gasteiger partial charge in [0.2, 0.25) is 5.91 Å². The van der Waals surface area contributed by atoms with E-state index in [1.54, 1.807) is 19.1 Å². The van der Waals surface area contributed by atoms with Gasteiger partial charge in [0.15, 0.2) is 6.23 Å². The van der Waals surface area contributed by atoms with Gasteiger partial charge in [-0.25, -0.2) is 19.5 Å². The van der Waals surface area contributed by atoms with Crippen molar-refractivity contribution >= 4 is 24.6 Å². The number of carboxylic acids is 1. The molecule has 1 aliphatic rings. The number of carbonyl (C=O) groups is 3. The van der Waals surface area contributed by atoms with Crippen LogP contribution in [-0.2, 0) is 4.79 Å². The number of carboxylic acid groups (broad SMARTS) is 1. The molecule has 204 valence electrons. The molecule has 40 heavy (non-hydrogen) atoms. The number of carbonyl (C=O) groups excluding carboxylic acids is 2. The van der Waals surface area contributed by atoms with Gasteiger partial charge in [0, 0.05) is 0 Å². The van der Waals surface area contributed by atoms with Crippen LogP contribution in [-0.4, -0.2) is 40.9 Å². The summed E-state index contributed by atoms with van der Waals surface area (Å²) in [4.78, 5) is 43.0. The van der Waals surface area contributed by atoms with Crippen LogP contribution in [0.3, 0.4) is 0 Å². The largest absolute Gasteiger partial charge is 0.478 e. The third-order valence-electron chi connectivity index (χ3n) is 6.61. The number of β-lactam (4-membered cyclic amide) rings is 1. The summed E-state index contributed by atoms with van der Waals surface area (Å²) in [6.45, 7) is 5.22. The minimum Gasteiger partial charge on any atom is -0.478 e. The molecular formula is C31H30N4O5. The fourth-order valence-electron chi connectivity index (χ4n) is 4.47. The number of rotatable bonds is 10. The van der Waals surface area contributed by atoms with Gasteiger partial charge >= 0.3 is 12.0 Å². The minimum absolute atomic E-state index is 0.0884. The van der Waals surface area contributed by atoms with Crippen molar-refractivity contribution in [2.45, 2.75) is 25.6 Å². The summed E-state index contributed by atoms with van der Waals surface area (Å²) in [7, 11) is 0. The number of nitrogens with zero attached hydrogens (tertiary/aromatic N) is 2. The lowest BCUT2D eigenvalue weighted by Gasteiger charge is -2.45. The van der Waals surface area contributed by atoms with Gasteiger partial charge in [-0.1, -0.05) is 66.7 Å². The Bertz CT molecular complexity index is 1400. The Morgan fingerprint density at radius 2 is 1.62 bits per heavy atom. The quantitative estimate of drug-likeness (QED) is 0.191. The van der Waals surface area contributed by atoms with E-state index in [4.69, 9.17) is 10.5 Å². The Labute approximate surface area is 232 Å². The zero-order valence-electron chi connectivity index (χ0n) is 21.9. The average Bonchev–Trinajstić information content (AvgIpc) is 2.98. The van der Waals surface area contributed by atoms with E-state index in [0.29, 0.717) is 5.75 Å². The molecule has 4 N–H and O–H groups in total. The highest BCUT2D eigenvalue weighted by atomic mass is 16.5. The van der Waals surface area contributed by atoms with E-state index in [0.717, 1.165) is 21.6 Å². The lowest BCUT2D eigenvalue weighted by molar-refractivity contribution is -0.166. The molecule has 0 spiro atoms. The molecule has 3 amide bonds. The number of hydrogen-bond acceptors (Lipinski definition) is 6. The number of benzene rings is 3. The summed E-state index contributed by atoms with van der Waals surface area (Å²) in [5.74, 6) is -1.67. The average molecular weight is 539 g/mol. The minimum atomic E-state index is -1.07. The molecule has 0 saturated carbocycles. The number of nitrogens with two attached hydrogens (primary N) is 1. The predicted molar refractivity (Wildman–Crippen MR) is 152 cm³/mol. The summed E-state index contributed by atoms with van der Waals surface area (Å²) < 4.78 is 6.11. The molecule has 1 fully saturated rings. The van der Waals surface area contributed by atoms with E-state index >= 15 is 0 Å². The molecule has 2 atom stereocenters. The molecule has 0 unspecified atom stereocenters. The van der Waals surface area contributed by atoms with Crippen molar-refractivity contribution in [2.24, 2.45) is 16.6 Å². The van der Waals surface area contributed by atoms with Crippen LogP contribution in [0.15, 0.2) is 113 Å². The maximum absolute atomic E-state index is 13.6. The number of likely N-dealkylation sites (tertiary alicyclic amines) is 1. The summed E-state index contributed by atoms with van der Waals surface area (Å²) in [5, 5.41) is 12.2. The topological polar surface area (TPSA) is 134 Å². The molecule has 0 radical (unpaired) electrons. The Balaban J connectivity index is 1.62. The van der Waals surface area contributed by atoms with Crippen molar-refractivity contribution in [3.05, 3.63) is 125 Å². The first-order chi connectivity index (χ1) is 19.3. The summed E-state index contributed by atoms with van der Waals surface area (Å²) >= 11 is 0. The maximum Gasteiger partial charge on any atom is 0.335 e. The fraction of sp³-hybridized carbons (Fsp3) is 0.161. The number of amides is 3. The van der Waals surface area contributed by atoms with Crippen molar-refractivity contribution in [3.8, 4) is 5.75 Å². The van der Waals surface area contributed by atoms with Gasteiger partial charge in [-0.2, -0.15) is 0 Å². The molecule has 4 rings (SSSR count). The smallest absolute Gasteiger partial charge is 0.335 e. The van der Waals surface area contributed by atoms with Crippen LogP contribution in [0.2, 0.25) is 0 Å². The van der Waals surface area contributed by atoms with Crippen LogP contribution in [0, 0.1) is 5.92 Å². The summed E-state index contributed by atoms with van der Waals surface area (Å²) in [5.41, 5.74) is 8.32. The SMILES string of the molecule is C=N/C(N)=C\C(=C/C)C[C@H]1C(=O)N(C(=O)NC(c2ccccc2)c2ccccc2)[C@@H]1Oc1ccc(C(=O)O)cc1. The van der Waals surface area contributed by atoms with Crippen molar-refractivity contribution < 1.29 is 24.2 Å². The van der Waals surface area contributed by atoms with E-state index in [1.807, 2.05) is 60.7 Å². The Kier molecular flexibility index (Phi) is 8.75. The first-order valence-corrected chi connectivity index (χ1v) is 12.6. The summed E-state index contributed by atoms with van der Waals surface area (Å²) in [6.07, 6.45) is 2.71. The highest BCUT2D eigenvalue weighted by Gasteiger charge is 2.53. The number of nitrogens with one attached hydrogen (secondary N) is 1. The Hall–Kier alpha value is -5.18. The van der Waals surface area contributed by atoms with Crippen molar-refractivity contribution in [1.29, 1.82) is 0 Å². The molecule has 3 aromatic rings. The van der Waals surface area contributed by atoms with E-state index in [2.05, 4.69) is 17.0 Å². The van der Waals surface area contributed by atoms with Crippen LogP contribution in [0.25, 0.3) is 0 Å². The first-order valence-electron chi connectivity index (χ1n) is 12.6. The van der Waals surface area contributed by atoms with Gasteiger partial charge in [-0.05, 0) is 67.1 Å². The number of hydrogen-bond donors (Lipinski definition) is 3. The Morgan fingerprint density at radius 3 is 2.12 bits per heavy atom. The van der Waals surface area contributed by atoms with Crippen LogP contribution in [0.1, 0.15) is 40.9 Å². The molecular weight excluding hydrogens is 508 g/mol. The number of urea groups is 1. The predicted octanol–water partition coefficient (Wildman–Crippen LogP) is 4.88. The highest BCUT2D eigenvalue weighted by molar-refractivity contribution is 6.01. The van der Waals surface area contributed by atoms with Gasteiger partial charge in [0.1, 0.15) is 11.6 Å². The molecule has 0 bridgehead atoms. The molecule has 9 heteroatoms. The monoisotopic (exact) mass is 538 g/mol. The van der Waals surface area contributed by atoms with Crippen LogP contribution in [0.4, 0.5) is 4.79 Å². The summed E-state index contributed by atoms with van der Waals surface area (Å²) in [6, 6.07) is 23.6. The van der Waals surface area contributed by atoms with E-state index in [9.17, 15) is 19.5 Å². The molecule has 1 heterocycles. The van der Waals surface area contributed by atoms with Gasteiger partial charge in [-0.3, -0.25) is 4.79 Å². The second kappa shape index (κ2) is 12.6. The van der Waals surface area contributed by atoms with Crippen molar-refractivity contribution in [3.63, 3.8) is 0 Å². The number of aromatic carboxylic acids is 1. The number of aliphatic imine (C=N–C) groups is 1. The van der Waals surface area contributed by atoms with Gasteiger partial charge in [0.05, 0.1) is 17.5 Å². The third kappa shape index (κ3) is 6.27. The van der Waals surface area contributed by atoms with Gasteiger partial charge in [-0.15, -0.1) is 0 Å². The molecule has 0 aromatic heterocycles. The lowest BCUT2D eigenvalue weighted by Crippen LogP contribution is -2.67. The molecule has 9 nitrogen and oxygen atoms in total. The van der Waals surface area contributed by atoms with E-state index in [1.165, 1.54) is 24.3 Å². The highest BCUT2D eigenvalue weighted by Crippen LogP contribution is 2.35. The van der Waals surface area contributed by atoms with Gasteiger partial charge in [0.25, 0.3) is 0 Å². The molecule has 1 aliphatic heterocycles. The normalized spacial score (nSPS) is 17.2. The second-order valence-electron chi connectivity index (χ2n) is 9.15. The fourth-order valence-corrected chi connectivity index (χ4v) is 4.47. The first kappa shape index (κ1) is 27.8. The molecule has 1 saturated heterocycles. The number of allylic oxidation sites excluding steroid dienone is 3. The zero-order chi connectivity index (χ0) is 28.6. The van der Waals surface area contributed by atoms with Gasteiger partial charge < -0.3 is 20.9 Å². The Morgan fingerprint density at radius 1 is 1.05 bits per heavy atom. The van der Waals surface area contributed by atoms with Crippen LogP contribution >= 0.6 is 0 Å². The zero-order valence-corrected chi connectivity index (χ0v) is 21.9. The molecule has 3 aromatic carbocycles. The van der Waals surface area contributed by atoms with Crippen LogP contribution in [0.5, 0.6) is 5.75 Å². The maximum atomic E-state index is 13.6. The van der Waals surface area contributed by atoms with Crippen molar-refractivity contribution in [2.75, 3.05) is 0 Å². The standard InChI is InChI=1S/C31H30N4O5/c1-3-20(19-26(32)33-2)18-25-28(36)35(29(25)40-24-16-14-23(15-17-24)30(37)38)31(39)34-27(21-10-6-4-7-11-21)22-12-8-5-9-13-22/h3-17,19,25,27,29H,2,18,32H2,1H3,(H,34,39)(H,37,38)/b20-3-,26-19-/t25-,29+/m0/s1.